The third-order valence-electron chi connectivity index (χ3n) is 2.37. The van der Waals surface area contributed by atoms with E-state index in [0.717, 1.165) is 0 Å². The van der Waals surface area contributed by atoms with Crippen molar-refractivity contribution in [3.8, 4) is 0 Å². The highest BCUT2D eigenvalue weighted by molar-refractivity contribution is 9.10. The summed E-state index contributed by atoms with van der Waals surface area (Å²) in [5.74, 6) is -0.559. The molecule has 1 aromatic heterocycles. The zero-order valence-corrected chi connectivity index (χ0v) is 10.6. The first-order valence-electron chi connectivity index (χ1n) is 4.86. The third kappa shape index (κ3) is 2.39. The Bertz CT molecular complexity index is 536. The molecule has 0 bridgehead atoms. The number of carbonyl (C=O) groups is 1. The maximum atomic E-state index is 12.8. The molecule has 0 unspecified atom stereocenters. The largest absolute Gasteiger partial charge is 0.457 e. The standard InChI is InChI=1S/C12H9BrFNO2/c1-15(9-4-2-8(14)3-5-9)12(16)10-6-7-17-11(10)13/h2-7H,1H3. The summed E-state index contributed by atoms with van der Waals surface area (Å²) in [7, 11) is 1.62. The molecule has 3 nitrogen and oxygen atoms in total. The molecule has 0 aliphatic heterocycles. The number of nitrogens with zero attached hydrogens (tertiary/aromatic N) is 1. The maximum Gasteiger partial charge on any atom is 0.262 e. The van der Waals surface area contributed by atoms with E-state index in [0.29, 0.717) is 15.9 Å². The summed E-state index contributed by atoms with van der Waals surface area (Å²) >= 11 is 3.15. The van der Waals surface area contributed by atoms with Crippen molar-refractivity contribution in [1.29, 1.82) is 0 Å². The molecule has 0 spiro atoms. The van der Waals surface area contributed by atoms with Gasteiger partial charge in [-0.3, -0.25) is 4.79 Å². The predicted molar refractivity (Wildman–Crippen MR) is 65.5 cm³/mol. The normalized spacial score (nSPS) is 10.3. The van der Waals surface area contributed by atoms with Crippen LogP contribution >= 0.6 is 15.9 Å². The molecule has 1 aromatic carbocycles. The molecular weight excluding hydrogens is 289 g/mol. The minimum absolute atomic E-state index is 0.225. The maximum absolute atomic E-state index is 12.8. The lowest BCUT2D eigenvalue weighted by Crippen LogP contribution is -2.26. The average molecular weight is 298 g/mol. The lowest BCUT2D eigenvalue weighted by molar-refractivity contribution is 0.0991. The highest BCUT2D eigenvalue weighted by atomic mass is 79.9. The van der Waals surface area contributed by atoms with E-state index in [-0.39, 0.29) is 11.7 Å². The Morgan fingerprint density at radius 2 is 1.94 bits per heavy atom. The summed E-state index contributed by atoms with van der Waals surface area (Å²) in [5.41, 5.74) is 1.04. The number of furan rings is 1. The molecule has 1 heterocycles. The number of benzene rings is 1. The van der Waals surface area contributed by atoms with Gasteiger partial charge in [-0.1, -0.05) is 0 Å². The van der Waals surface area contributed by atoms with Crippen LogP contribution in [0.1, 0.15) is 10.4 Å². The minimum atomic E-state index is -0.334. The quantitative estimate of drug-likeness (QED) is 0.850. The van der Waals surface area contributed by atoms with Gasteiger partial charge in [-0.25, -0.2) is 4.39 Å². The van der Waals surface area contributed by atoms with Crippen LogP contribution in [0.3, 0.4) is 0 Å². The number of carbonyl (C=O) groups excluding carboxylic acids is 1. The fourth-order valence-electron chi connectivity index (χ4n) is 1.41. The van der Waals surface area contributed by atoms with Crippen molar-refractivity contribution < 1.29 is 13.6 Å². The van der Waals surface area contributed by atoms with Crippen molar-refractivity contribution in [2.75, 3.05) is 11.9 Å². The molecule has 1 amide bonds. The molecule has 0 radical (unpaired) electrons. The van der Waals surface area contributed by atoms with Crippen LogP contribution in [0.15, 0.2) is 45.7 Å². The number of anilines is 1. The van der Waals surface area contributed by atoms with Gasteiger partial charge in [0.15, 0.2) is 4.67 Å². The number of rotatable bonds is 2. The van der Waals surface area contributed by atoms with Crippen molar-refractivity contribution >= 4 is 27.5 Å². The summed E-state index contributed by atoms with van der Waals surface area (Å²) in [6.07, 6.45) is 1.43. The smallest absolute Gasteiger partial charge is 0.262 e. The molecule has 2 aromatic rings. The highest BCUT2D eigenvalue weighted by Gasteiger charge is 2.18. The van der Waals surface area contributed by atoms with E-state index in [1.165, 1.54) is 23.3 Å². The van der Waals surface area contributed by atoms with Crippen molar-refractivity contribution in [2.24, 2.45) is 0 Å². The van der Waals surface area contributed by atoms with Gasteiger partial charge in [0.05, 0.1) is 11.8 Å². The Morgan fingerprint density at radius 1 is 1.29 bits per heavy atom. The van der Waals surface area contributed by atoms with Crippen LogP contribution in [0.2, 0.25) is 0 Å². The van der Waals surface area contributed by atoms with Crippen LogP contribution < -0.4 is 4.90 Å². The van der Waals surface area contributed by atoms with Gasteiger partial charge >= 0.3 is 0 Å². The van der Waals surface area contributed by atoms with E-state index in [4.69, 9.17) is 4.42 Å². The highest BCUT2D eigenvalue weighted by Crippen LogP contribution is 2.22. The van der Waals surface area contributed by atoms with Crippen molar-refractivity contribution in [3.05, 3.63) is 52.6 Å². The number of hydrogen-bond acceptors (Lipinski definition) is 2. The van der Waals surface area contributed by atoms with Gasteiger partial charge in [0, 0.05) is 12.7 Å². The Balaban J connectivity index is 2.26. The fourth-order valence-corrected chi connectivity index (χ4v) is 1.82. The lowest BCUT2D eigenvalue weighted by atomic mass is 10.2. The minimum Gasteiger partial charge on any atom is -0.457 e. The Labute approximate surface area is 106 Å². The van der Waals surface area contributed by atoms with Gasteiger partial charge in [-0.2, -0.15) is 0 Å². The molecule has 5 heteroatoms. The SMILES string of the molecule is CN(C(=O)c1ccoc1Br)c1ccc(F)cc1. The van der Waals surface area contributed by atoms with E-state index < -0.39 is 0 Å². The van der Waals surface area contributed by atoms with Gasteiger partial charge in [0.1, 0.15) is 5.82 Å². The summed E-state index contributed by atoms with van der Waals surface area (Å²) < 4.78 is 18.1. The fraction of sp³-hybridized carbons (Fsp3) is 0.0833. The van der Waals surface area contributed by atoms with Crippen LogP contribution in [0.5, 0.6) is 0 Å². The molecule has 0 aliphatic rings. The molecule has 17 heavy (non-hydrogen) atoms. The van der Waals surface area contributed by atoms with Crippen LogP contribution in [-0.4, -0.2) is 13.0 Å². The van der Waals surface area contributed by atoms with Gasteiger partial charge in [-0.05, 0) is 46.3 Å². The monoisotopic (exact) mass is 297 g/mol. The topological polar surface area (TPSA) is 33.5 Å². The molecule has 0 saturated carbocycles. The Morgan fingerprint density at radius 3 is 2.47 bits per heavy atom. The molecule has 0 aliphatic carbocycles. The summed E-state index contributed by atoms with van der Waals surface area (Å²) in [4.78, 5) is 13.5. The molecule has 0 atom stereocenters. The first-order chi connectivity index (χ1) is 8.09. The number of hydrogen-bond donors (Lipinski definition) is 0. The molecule has 0 saturated heterocycles. The molecule has 2 rings (SSSR count). The first-order valence-corrected chi connectivity index (χ1v) is 5.65. The van der Waals surface area contributed by atoms with Gasteiger partial charge in [-0.15, -0.1) is 0 Å². The Kier molecular flexibility index (Phi) is 3.28. The number of halogens is 2. The second-order valence-electron chi connectivity index (χ2n) is 3.45. The molecule has 0 fully saturated rings. The zero-order valence-electron chi connectivity index (χ0n) is 8.98. The number of amides is 1. The summed E-state index contributed by atoms with van der Waals surface area (Å²) in [5, 5.41) is 0. The lowest BCUT2D eigenvalue weighted by Gasteiger charge is -2.16. The van der Waals surface area contributed by atoms with Gasteiger partial charge < -0.3 is 9.32 Å². The van der Waals surface area contributed by atoms with E-state index in [1.807, 2.05) is 0 Å². The van der Waals surface area contributed by atoms with E-state index >= 15 is 0 Å². The molecule has 88 valence electrons. The molecular formula is C12H9BrFNO2. The van der Waals surface area contributed by atoms with Crippen molar-refractivity contribution in [3.63, 3.8) is 0 Å². The predicted octanol–water partition coefficient (Wildman–Crippen LogP) is 3.46. The van der Waals surface area contributed by atoms with Gasteiger partial charge in [0.25, 0.3) is 5.91 Å². The van der Waals surface area contributed by atoms with Crippen LogP contribution in [0.25, 0.3) is 0 Å². The summed E-state index contributed by atoms with van der Waals surface area (Å²) in [6.45, 7) is 0. The second kappa shape index (κ2) is 4.71. The third-order valence-corrected chi connectivity index (χ3v) is 2.98. The molecule has 0 N–H and O–H groups in total. The van der Waals surface area contributed by atoms with Crippen molar-refractivity contribution in [2.45, 2.75) is 0 Å². The van der Waals surface area contributed by atoms with Crippen molar-refractivity contribution in [1.82, 2.24) is 0 Å². The zero-order chi connectivity index (χ0) is 12.4. The summed E-state index contributed by atoms with van der Waals surface area (Å²) in [6, 6.07) is 7.28. The average Bonchev–Trinajstić information content (AvgIpc) is 2.74. The first kappa shape index (κ1) is 11.9. The van der Waals surface area contributed by atoms with Crippen LogP contribution in [0, 0.1) is 5.82 Å². The second-order valence-corrected chi connectivity index (χ2v) is 4.17. The van der Waals surface area contributed by atoms with E-state index in [9.17, 15) is 9.18 Å². The van der Waals surface area contributed by atoms with Crippen LogP contribution in [0.4, 0.5) is 10.1 Å². The van der Waals surface area contributed by atoms with E-state index in [2.05, 4.69) is 15.9 Å². The van der Waals surface area contributed by atoms with Gasteiger partial charge in [0.2, 0.25) is 0 Å². The Hall–Kier alpha value is -1.62. The van der Waals surface area contributed by atoms with E-state index in [1.54, 1.807) is 25.2 Å². The van der Waals surface area contributed by atoms with Crippen LogP contribution in [-0.2, 0) is 0 Å².